The summed E-state index contributed by atoms with van der Waals surface area (Å²) in [6.07, 6.45) is 1.08. The van der Waals surface area contributed by atoms with Crippen molar-refractivity contribution in [2.45, 2.75) is 20.3 Å². The molecule has 1 N–H and O–H groups in total. The van der Waals surface area contributed by atoms with Crippen LogP contribution in [-0.4, -0.2) is 25.9 Å². The summed E-state index contributed by atoms with van der Waals surface area (Å²) in [5.74, 6) is 0. The third-order valence-electron chi connectivity index (χ3n) is 2.44. The Bertz CT molecular complexity index is 376. The van der Waals surface area contributed by atoms with Crippen molar-refractivity contribution in [3.63, 3.8) is 0 Å². The van der Waals surface area contributed by atoms with Crippen molar-refractivity contribution in [2.75, 3.05) is 6.54 Å². The van der Waals surface area contributed by atoms with Gasteiger partial charge in [0, 0.05) is 17.8 Å². The molecule has 0 fully saturated rings. The van der Waals surface area contributed by atoms with E-state index in [1.807, 2.05) is 0 Å². The highest BCUT2D eigenvalue weighted by atomic mass is 35.5. The molecule has 0 amide bonds. The van der Waals surface area contributed by atoms with E-state index in [0.29, 0.717) is 41.1 Å². The lowest BCUT2D eigenvalue weighted by Crippen LogP contribution is -2.25. The summed E-state index contributed by atoms with van der Waals surface area (Å²) in [6, 6.07) is 0. The summed E-state index contributed by atoms with van der Waals surface area (Å²) in [5.41, 5.74) is 1.76. The molecule has 1 rings (SSSR count). The van der Waals surface area contributed by atoms with E-state index in [0.717, 1.165) is 0 Å². The molecule has 0 spiro atoms. The maximum absolute atomic E-state index is 11.0. The monoisotopic (exact) mass is 249 g/mol. The molecule has 4 nitrogen and oxygen atoms in total. The molecule has 0 radical (unpaired) electrons. The van der Waals surface area contributed by atoms with Gasteiger partial charge in [-0.15, -0.1) is 0 Å². The van der Waals surface area contributed by atoms with Crippen molar-refractivity contribution >= 4 is 29.2 Å². The highest BCUT2D eigenvalue weighted by Gasteiger charge is 2.21. The topological polar surface area (TPSA) is 57.6 Å². The predicted molar refractivity (Wildman–Crippen MR) is 59.4 cm³/mol. The van der Waals surface area contributed by atoms with Crippen LogP contribution in [0.1, 0.15) is 20.3 Å². The van der Waals surface area contributed by atoms with Gasteiger partial charge in [0.05, 0.1) is 5.03 Å². The second-order valence-corrected chi connectivity index (χ2v) is 4.53. The molecule has 1 heterocycles. The number of nitrogens with zero attached hydrogens (tertiary/aromatic N) is 1. The molecule has 0 aromatic heterocycles. The molecule has 84 valence electrons. The largest absolute Gasteiger partial charge is 0.298 e. The van der Waals surface area contributed by atoms with Crippen molar-refractivity contribution < 1.29 is 13.6 Å². The molecule has 0 saturated carbocycles. The third-order valence-corrected chi connectivity index (χ3v) is 3.80. The van der Waals surface area contributed by atoms with Crippen LogP contribution in [0, 0.1) is 0 Å². The lowest BCUT2D eigenvalue weighted by atomic mass is 10.1. The zero-order chi connectivity index (χ0) is 11.6. The Morgan fingerprint density at radius 1 is 1.53 bits per heavy atom. The first-order chi connectivity index (χ1) is 6.99. The summed E-state index contributed by atoms with van der Waals surface area (Å²) in [6.45, 7) is 3.75. The Morgan fingerprint density at radius 2 is 2.13 bits per heavy atom. The number of allylic oxidation sites excluding steroid dienone is 3. The van der Waals surface area contributed by atoms with Crippen LogP contribution in [0.25, 0.3) is 0 Å². The van der Waals surface area contributed by atoms with Gasteiger partial charge in [-0.2, -0.15) is 0 Å². The van der Waals surface area contributed by atoms with Gasteiger partial charge >= 0.3 is 0 Å². The van der Waals surface area contributed by atoms with E-state index in [2.05, 4.69) is 0 Å². The quantitative estimate of drug-likeness (QED) is 0.600. The highest BCUT2D eigenvalue weighted by Crippen LogP contribution is 2.28. The number of aldehydes is 1. The van der Waals surface area contributed by atoms with Crippen LogP contribution in [0.3, 0.4) is 0 Å². The predicted octanol–water partition coefficient (Wildman–Crippen LogP) is 1.81. The number of hydrogen-bond acceptors (Lipinski definition) is 2. The van der Waals surface area contributed by atoms with E-state index in [4.69, 9.17) is 16.2 Å². The molecule has 0 aliphatic carbocycles. The minimum absolute atomic E-state index is 0.316. The average molecular weight is 250 g/mol. The summed E-state index contributed by atoms with van der Waals surface area (Å²) < 4.78 is 21.4. The molecular formula is C9H12ClNO3S. The van der Waals surface area contributed by atoms with Crippen molar-refractivity contribution in [1.82, 2.24) is 4.31 Å². The number of rotatable bonds is 2. The first-order valence-electron chi connectivity index (χ1n) is 4.39. The molecule has 15 heavy (non-hydrogen) atoms. The molecule has 0 saturated heterocycles. The van der Waals surface area contributed by atoms with Crippen molar-refractivity contribution in [1.29, 1.82) is 0 Å². The van der Waals surface area contributed by atoms with Gasteiger partial charge in [-0.3, -0.25) is 13.7 Å². The van der Waals surface area contributed by atoms with Gasteiger partial charge in [0.2, 0.25) is 0 Å². The Labute approximate surface area is 96.0 Å². The van der Waals surface area contributed by atoms with E-state index in [1.54, 1.807) is 13.8 Å². The highest BCUT2D eigenvalue weighted by molar-refractivity contribution is 7.76. The molecular weight excluding hydrogens is 238 g/mol. The summed E-state index contributed by atoms with van der Waals surface area (Å²) in [7, 11) is 0. The third kappa shape index (κ3) is 2.48. The van der Waals surface area contributed by atoms with Crippen molar-refractivity contribution in [2.24, 2.45) is 0 Å². The summed E-state index contributed by atoms with van der Waals surface area (Å²) in [4.78, 5) is 10.7. The molecule has 1 aliphatic heterocycles. The van der Waals surface area contributed by atoms with Crippen LogP contribution in [0.4, 0.5) is 0 Å². The summed E-state index contributed by atoms with van der Waals surface area (Å²) >= 11 is 3.91. The zero-order valence-electron chi connectivity index (χ0n) is 8.49. The van der Waals surface area contributed by atoms with Crippen LogP contribution in [-0.2, 0) is 16.1 Å². The number of carbonyl (C=O) groups is 1. The van der Waals surface area contributed by atoms with Crippen molar-refractivity contribution in [3.8, 4) is 0 Å². The lowest BCUT2D eigenvalue weighted by Gasteiger charge is -2.19. The molecule has 0 bridgehead atoms. The zero-order valence-corrected chi connectivity index (χ0v) is 10.1. The number of carbonyl (C=O) groups excluding carboxylic acids is 1. The van der Waals surface area contributed by atoms with Gasteiger partial charge in [-0.05, 0) is 25.8 Å². The van der Waals surface area contributed by atoms with Crippen LogP contribution in [0.5, 0.6) is 0 Å². The molecule has 1 aliphatic rings. The maximum Gasteiger partial charge on any atom is 0.261 e. The Hall–Kier alpha value is -0.650. The van der Waals surface area contributed by atoms with E-state index in [9.17, 15) is 9.00 Å². The lowest BCUT2D eigenvalue weighted by molar-refractivity contribution is -0.105. The van der Waals surface area contributed by atoms with Gasteiger partial charge in [-0.1, -0.05) is 11.6 Å². The van der Waals surface area contributed by atoms with Crippen LogP contribution >= 0.6 is 11.6 Å². The number of hydrogen-bond donors (Lipinski definition) is 1. The standard InChI is InChI=1S/C9H12ClNO3S/c1-6-7(2)11(15(13)14)4-3-8(5-12)9(6)10/h5H,3-4H2,1-2H3,(H,13,14). The first-order valence-corrected chi connectivity index (χ1v) is 5.83. The van der Waals surface area contributed by atoms with Crippen LogP contribution in [0.2, 0.25) is 0 Å². The fourth-order valence-corrected chi connectivity index (χ4v) is 2.29. The molecule has 0 aromatic rings. The van der Waals surface area contributed by atoms with E-state index >= 15 is 0 Å². The van der Waals surface area contributed by atoms with Gasteiger partial charge < -0.3 is 0 Å². The van der Waals surface area contributed by atoms with Crippen LogP contribution < -0.4 is 0 Å². The van der Waals surface area contributed by atoms with Gasteiger partial charge in [0.1, 0.15) is 6.29 Å². The van der Waals surface area contributed by atoms with E-state index in [1.165, 1.54) is 4.31 Å². The Morgan fingerprint density at radius 3 is 2.60 bits per heavy atom. The minimum Gasteiger partial charge on any atom is -0.298 e. The normalized spacial score (nSPS) is 20.4. The first kappa shape index (κ1) is 12.4. The second-order valence-electron chi connectivity index (χ2n) is 3.25. The summed E-state index contributed by atoms with van der Waals surface area (Å²) in [5, 5.41) is 0.385. The number of halogens is 1. The Balaban J connectivity index is 3.18. The maximum atomic E-state index is 11.0. The fourth-order valence-electron chi connectivity index (χ4n) is 1.39. The van der Waals surface area contributed by atoms with Gasteiger partial charge in [0.25, 0.3) is 11.3 Å². The Kier molecular flexibility index (Phi) is 4.07. The SMILES string of the molecule is CC1=C(C)N(S(=O)O)CCC(C=O)=C1Cl. The fraction of sp³-hybridized carbons (Fsp3) is 0.444. The van der Waals surface area contributed by atoms with Crippen molar-refractivity contribution in [3.05, 3.63) is 21.9 Å². The second kappa shape index (κ2) is 4.92. The van der Waals surface area contributed by atoms with E-state index in [-0.39, 0.29) is 0 Å². The average Bonchev–Trinajstić information content (AvgIpc) is 2.30. The van der Waals surface area contributed by atoms with Gasteiger partial charge in [0.15, 0.2) is 0 Å². The minimum atomic E-state index is -2.07. The molecule has 1 unspecified atom stereocenters. The van der Waals surface area contributed by atoms with Crippen LogP contribution in [0.15, 0.2) is 21.9 Å². The molecule has 6 heteroatoms. The molecule has 0 aromatic carbocycles. The van der Waals surface area contributed by atoms with Gasteiger partial charge in [-0.25, -0.2) is 4.21 Å². The smallest absolute Gasteiger partial charge is 0.261 e. The van der Waals surface area contributed by atoms with E-state index < -0.39 is 11.3 Å². The molecule has 1 atom stereocenters.